The first-order valence-electron chi connectivity index (χ1n) is 17.0. The van der Waals surface area contributed by atoms with E-state index in [-0.39, 0.29) is 34.0 Å². The van der Waals surface area contributed by atoms with Crippen molar-refractivity contribution >= 4 is 34.0 Å². The SMILES string of the molecule is Br.Br.CCCCCCCCCCN(CCCCN(CCCCCCCCCC)N1CCOCC1)N1CCOCC1. The van der Waals surface area contributed by atoms with Crippen LogP contribution in [0.25, 0.3) is 0 Å². The zero-order valence-corrected chi connectivity index (χ0v) is 30.1. The molecule has 0 amide bonds. The van der Waals surface area contributed by atoms with Crippen molar-refractivity contribution in [3.8, 4) is 0 Å². The summed E-state index contributed by atoms with van der Waals surface area (Å²) in [7, 11) is 0. The van der Waals surface area contributed by atoms with Gasteiger partial charge in [-0.3, -0.25) is 0 Å². The first-order valence-corrected chi connectivity index (χ1v) is 17.0. The molecule has 6 nitrogen and oxygen atoms in total. The highest BCUT2D eigenvalue weighted by atomic mass is 79.9. The molecule has 2 rings (SSSR count). The highest BCUT2D eigenvalue weighted by Crippen LogP contribution is 2.14. The Morgan fingerprint density at radius 1 is 0.400 bits per heavy atom. The Hall–Kier alpha value is 0.720. The number of unbranched alkanes of at least 4 members (excludes halogenated alkanes) is 15. The second-order valence-electron chi connectivity index (χ2n) is 11.7. The lowest BCUT2D eigenvalue weighted by atomic mass is 10.1. The van der Waals surface area contributed by atoms with Crippen molar-refractivity contribution < 1.29 is 9.47 Å². The van der Waals surface area contributed by atoms with E-state index in [1.165, 1.54) is 142 Å². The van der Waals surface area contributed by atoms with Crippen LogP contribution in [-0.2, 0) is 9.47 Å². The molecular weight excluding hydrogens is 632 g/mol. The van der Waals surface area contributed by atoms with Crippen LogP contribution in [0.4, 0.5) is 0 Å². The third-order valence-corrected chi connectivity index (χ3v) is 8.40. The molecule has 0 spiro atoms. The van der Waals surface area contributed by atoms with Crippen molar-refractivity contribution in [2.24, 2.45) is 0 Å². The molecule has 0 saturated carbocycles. The number of ether oxygens (including phenoxy) is 2. The van der Waals surface area contributed by atoms with Crippen LogP contribution in [0.15, 0.2) is 0 Å². The van der Waals surface area contributed by atoms with Crippen LogP contribution >= 0.6 is 34.0 Å². The highest BCUT2D eigenvalue weighted by molar-refractivity contribution is 8.93. The summed E-state index contributed by atoms with van der Waals surface area (Å²) in [5.74, 6) is 0. The minimum atomic E-state index is 0. The van der Waals surface area contributed by atoms with Gasteiger partial charge < -0.3 is 9.47 Å². The Labute approximate surface area is 270 Å². The van der Waals surface area contributed by atoms with Crippen molar-refractivity contribution in [1.29, 1.82) is 0 Å². The quantitative estimate of drug-likeness (QED) is 0.0892. The predicted molar refractivity (Wildman–Crippen MR) is 183 cm³/mol. The number of hydrazine groups is 2. The predicted octanol–water partition coefficient (Wildman–Crippen LogP) is 8.30. The molecule has 2 aliphatic heterocycles. The van der Waals surface area contributed by atoms with Crippen LogP contribution in [0.1, 0.15) is 129 Å². The number of nitrogens with zero attached hydrogens (tertiary/aromatic N) is 4. The fourth-order valence-electron chi connectivity index (χ4n) is 5.91. The van der Waals surface area contributed by atoms with Gasteiger partial charge in [-0.05, 0) is 25.7 Å². The number of rotatable bonds is 25. The molecule has 2 saturated heterocycles. The summed E-state index contributed by atoms with van der Waals surface area (Å²) in [4.78, 5) is 0. The molecule has 2 aliphatic rings. The summed E-state index contributed by atoms with van der Waals surface area (Å²) >= 11 is 0. The van der Waals surface area contributed by atoms with Gasteiger partial charge in [0.1, 0.15) is 0 Å². The number of hydrogen-bond acceptors (Lipinski definition) is 6. The van der Waals surface area contributed by atoms with Gasteiger partial charge >= 0.3 is 0 Å². The maximum Gasteiger partial charge on any atom is 0.0608 e. The van der Waals surface area contributed by atoms with Gasteiger partial charge in [0.05, 0.1) is 26.4 Å². The van der Waals surface area contributed by atoms with Gasteiger partial charge in [-0.15, -0.1) is 34.0 Å². The number of morpholine rings is 2. The Bertz CT molecular complexity index is 465. The van der Waals surface area contributed by atoms with Crippen molar-refractivity contribution in [3.05, 3.63) is 0 Å². The summed E-state index contributed by atoms with van der Waals surface area (Å²) < 4.78 is 11.3. The monoisotopic (exact) mass is 698 g/mol. The number of hydrogen-bond donors (Lipinski definition) is 0. The minimum Gasteiger partial charge on any atom is -0.379 e. The van der Waals surface area contributed by atoms with Crippen LogP contribution in [0, 0.1) is 0 Å². The van der Waals surface area contributed by atoms with Crippen molar-refractivity contribution in [1.82, 2.24) is 20.0 Å². The first-order chi connectivity index (χ1) is 18.8. The zero-order chi connectivity index (χ0) is 26.9. The van der Waals surface area contributed by atoms with Crippen molar-refractivity contribution in [2.75, 3.05) is 78.8 Å². The molecule has 0 atom stereocenters. The lowest BCUT2D eigenvalue weighted by molar-refractivity contribution is -0.0981. The van der Waals surface area contributed by atoms with E-state index in [1.54, 1.807) is 0 Å². The minimum absolute atomic E-state index is 0. The summed E-state index contributed by atoms with van der Waals surface area (Å²) in [5.41, 5.74) is 0. The summed E-state index contributed by atoms with van der Waals surface area (Å²) in [6.07, 6.45) is 24.9. The van der Waals surface area contributed by atoms with Crippen LogP contribution in [0.2, 0.25) is 0 Å². The zero-order valence-electron chi connectivity index (χ0n) is 26.6. The normalized spacial score (nSPS) is 16.8. The van der Waals surface area contributed by atoms with Crippen LogP contribution in [-0.4, -0.2) is 98.8 Å². The average Bonchev–Trinajstić information content (AvgIpc) is 2.96. The topological polar surface area (TPSA) is 31.4 Å². The van der Waals surface area contributed by atoms with Crippen LogP contribution in [0.3, 0.4) is 0 Å². The maximum absolute atomic E-state index is 5.65. The van der Waals surface area contributed by atoms with E-state index in [2.05, 4.69) is 33.9 Å². The Morgan fingerprint density at radius 2 is 0.650 bits per heavy atom. The third-order valence-electron chi connectivity index (χ3n) is 8.40. The molecule has 0 unspecified atom stereocenters. The molecule has 242 valence electrons. The van der Waals surface area contributed by atoms with E-state index < -0.39 is 0 Å². The molecule has 8 heteroatoms. The molecule has 2 heterocycles. The summed E-state index contributed by atoms with van der Waals surface area (Å²) in [5, 5.41) is 10.5. The molecule has 0 N–H and O–H groups in total. The first kappa shape index (κ1) is 40.7. The molecule has 0 aromatic rings. The second kappa shape index (κ2) is 29.8. The Kier molecular flexibility index (Phi) is 30.3. The van der Waals surface area contributed by atoms with Gasteiger partial charge in [0.2, 0.25) is 0 Å². The lowest BCUT2D eigenvalue weighted by Gasteiger charge is -2.39. The molecule has 0 bridgehead atoms. The fourth-order valence-corrected chi connectivity index (χ4v) is 5.91. The van der Waals surface area contributed by atoms with E-state index in [0.29, 0.717) is 0 Å². The summed E-state index contributed by atoms with van der Waals surface area (Å²) in [6.45, 7) is 17.3. The van der Waals surface area contributed by atoms with Crippen molar-refractivity contribution in [3.63, 3.8) is 0 Å². The van der Waals surface area contributed by atoms with E-state index in [0.717, 1.165) is 52.6 Å². The molecule has 0 aliphatic carbocycles. The van der Waals surface area contributed by atoms with Crippen LogP contribution in [0.5, 0.6) is 0 Å². The van der Waals surface area contributed by atoms with Gasteiger partial charge in [-0.1, -0.05) is 104 Å². The largest absolute Gasteiger partial charge is 0.379 e. The molecule has 0 aromatic carbocycles. The van der Waals surface area contributed by atoms with Gasteiger partial charge in [0.15, 0.2) is 0 Å². The summed E-state index contributed by atoms with van der Waals surface area (Å²) in [6, 6.07) is 0. The average molecular weight is 701 g/mol. The van der Waals surface area contributed by atoms with E-state index in [9.17, 15) is 0 Å². The van der Waals surface area contributed by atoms with E-state index >= 15 is 0 Å². The Balaban J connectivity index is 0.00000760. The van der Waals surface area contributed by atoms with Gasteiger partial charge in [0, 0.05) is 52.4 Å². The molecular formula is C32H68Br2N4O2. The maximum atomic E-state index is 5.65. The second-order valence-corrected chi connectivity index (χ2v) is 11.7. The smallest absolute Gasteiger partial charge is 0.0608 e. The standard InChI is InChI=1S/C32H66N4O2.2BrH/c1-3-5-7-9-11-13-15-17-21-33(35-25-29-37-30-26-35)23-19-20-24-34(36-27-31-38-32-28-36)22-18-16-14-12-10-8-6-4-2;;/h3-32H2,1-2H3;2*1H. The fraction of sp³-hybridized carbons (Fsp3) is 1.00. The molecule has 0 aromatic heterocycles. The van der Waals surface area contributed by atoms with Gasteiger partial charge in [0.25, 0.3) is 0 Å². The van der Waals surface area contributed by atoms with Crippen molar-refractivity contribution in [2.45, 2.75) is 129 Å². The van der Waals surface area contributed by atoms with E-state index in [4.69, 9.17) is 9.47 Å². The van der Waals surface area contributed by atoms with E-state index in [1.807, 2.05) is 0 Å². The van der Waals surface area contributed by atoms with Gasteiger partial charge in [-0.2, -0.15) is 0 Å². The third kappa shape index (κ3) is 20.6. The number of halogens is 2. The Morgan fingerprint density at radius 3 is 0.950 bits per heavy atom. The molecule has 0 radical (unpaired) electrons. The highest BCUT2D eigenvalue weighted by Gasteiger charge is 2.20. The molecule has 2 fully saturated rings. The van der Waals surface area contributed by atoms with Crippen LogP contribution < -0.4 is 0 Å². The van der Waals surface area contributed by atoms with Gasteiger partial charge in [-0.25, -0.2) is 20.0 Å². The molecule has 40 heavy (non-hydrogen) atoms. The lowest BCUT2D eigenvalue weighted by Crippen LogP contribution is -2.50.